The quantitative estimate of drug-likeness (QED) is 0.654. The van der Waals surface area contributed by atoms with Crippen molar-refractivity contribution in [1.82, 2.24) is 9.21 Å². The second-order valence-electron chi connectivity index (χ2n) is 7.56. The van der Waals surface area contributed by atoms with Gasteiger partial charge in [-0.3, -0.25) is 9.69 Å². The molecule has 0 bridgehead atoms. The molecule has 1 heterocycles. The van der Waals surface area contributed by atoms with E-state index in [-0.39, 0.29) is 17.3 Å². The van der Waals surface area contributed by atoms with Crippen molar-refractivity contribution in [1.29, 1.82) is 0 Å². The number of carbonyl (C=O) groups excluding carboxylic acids is 1. The highest BCUT2D eigenvalue weighted by Gasteiger charge is 2.28. The number of anilines is 1. The maximum Gasteiger partial charge on any atom is 0.243 e. The Morgan fingerprint density at radius 3 is 2.53 bits per heavy atom. The van der Waals surface area contributed by atoms with E-state index in [0.29, 0.717) is 54.8 Å². The van der Waals surface area contributed by atoms with Crippen LogP contribution in [0, 0.1) is 6.92 Å². The van der Waals surface area contributed by atoms with E-state index in [0.717, 1.165) is 5.56 Å². The molecular formula is C22H28ClN3O5S. The first-order valence-electron chi connectivity index (χ1n) is 10.2. The Morgan fingerprint density at radius 1 is 1.06 bits per heavy atom. The van der Waals surface area contributed by atoms with Gasteiger partial charge in [0.1, 0.15) is 11.5 Å². The standard InChI is InChI=1S/C22H28ClN3O5S/c1-16-5-7-18(14-19(16)23)32(28,29)26-10-4-9-25(11-12-26)15-22(27)24-20-8-6-17(30-2)13-21(20)31-3/h5-8,13-14H,4,9-12,15H2,1-3H3,(H,24,27). The second-order valence-corrected chi connectivity index (χ2v) is 9.90. The van der Waals surface area contributed by atoms with E-state index in [1.807, 2.05) is 11.8 Å². The summed E-state index contributed by atoms with van der Waals surface area (Å²) in [4.78, 5) is 14.7. The van der Waals surface area contributed by atoms with Gasteiger partial charge in [0, 0.05) is 30.7 Å². The van der Waals surface area contributed by atoms with Gasteiger partial charge in [0.05, 0.1) is 31.3 Å². The minimum atomic E-state index is -3.65. The molecule has 1 aliphatic rings. The van der Waals surface area contributed by atoms with Gasteiger partial charge < -0.3 is 14.8 Å². The average molecular weight is 482 g/mol. The summed E-state index contributed by atoms with van der Waals surface area (Å²) in [5.74, 6) is 0.932. The van der Waals surface area contributed by atoms with Crippen LogP contribution in [0.3, 0.4) is 0 Å². The van der Waals surface area contributed by atoms with Crippen LogP contribution in [0.15, 0.2) is 41.3 Å². The van der Waals surface area contributed by atoms with Crippen molar-refractivity contribution in [3.05, 3.63) is 47.0 Å². The summed E-state index contributed by atoms with van der Waals surface area (Å²) in [5.41, 5.74) is 1.38. The Hall–Kier alpha value is -2.33. The molecule has 3 rings (SSSR count). The molecule has 174 valence electrons. The predicted molar refractivity (Wildman–Crippen MR) is 124 cm³/mol. The van der Waals surface area contributed by atoms with Crippen molar-refractivity contribution in [2.24, 2.45) is 0 Å². The maximum atomic E-state index is 13.0. The van der Waals surface area contributed by atoms with E-state index >= 15 is 0 Å². The number of hydrogen-bond acceptors (Lipinski definition) is 6. The van der Waals surface area contributed by atoms with Gasteiger partial charge in [0.2, 0.25) is 15.9 Å². The molecule has 0 radical (unpaired) electrons. The van der Waals surface area contributed by atoms with Crippen LogP contribution in [0.25, 0.3) is 0 Å². The summed E-state index contributed by atoms with van der Waals surface area (Å²) >= 11 is 6.12. The fraction of sp³-hybridized carbons (Fsp3) is 0.409. The molecule has 0 saturated carbocycles. The number of ether oxygens (including phenoxy) is 2. The summed E-state index contributed by atoms with van der Waals surface area (Å²) in [7, 11) is -0.565. The number of methoxy groups -OCH3 is 2. The third kappa shape index (κ3) is 5.72. The first-order valence-corrected chi connectivity index (χ1v) is 12.1. The zero-order chi connectivity index (χ0) is 23.3. The summed E-state index contributed by atoms with van der Waals surface area (Å²) in [6.45, 7) is 3.74. The molecule has 8 nitrogen and oxygen atoms in total. The summed E-state index contributed by atoms with van der Waals surface area (Å²) in [5, 5.41) is 3.28. The minimum Gasteiger partial charge on any atom is -0.497 e. The summed E-state index contributed by atoms with van der Waals surface area (Å²) in [6, 6.07) is 9.93. The van der Waals surface area contributed by atoms with Gasteiger partial charge in [-0.15, -0.1) is 0 Å². The van der Waals surface area contributed by atoms with Gasteiger partial charge >= 0.3 is 0 Å². The normalized spacial score (nSPS) is 15.8. The van der Waals surface area contributed by atoms with Crippen molar-refractivity contribution in [3.8, 4) is 11.5 Å². The zero-order valence-corrected chi connectivity index (χ0v) is 20.0. The van der Waals surface area contributed by atoms with Crippen LogP contribution in [-0.2, 0) is 14.8 Å². The highest BCUT2D eigenvalue weighted by atomic mass is 35.5. The van der Waals surface area contributed by atoms with Crippen molar-refractivity contribution < 1.29 is 22.7 Å². The van der Waals surface area contributed by atoms with Crippen molar-refractivity contribution in [2.75, 3.05) is 52.3 Å². The van der Waals surface area contributed by atoms with E-state index in [4.69, 9.17) is 21.1 Å². The SMILES string of the molecule is COc1ccc(NC(=O)CN2CCCN(S(=O)(=O)c3ccc(C)c(Cl)c3)CC2)c(OC)c1. The number of amides is 1. The van der Waals surface area contributed by atoms with Crippen LogP contribution in [0.1, 0.15) is 12.0 Å². The lowest BCUT2D eigenvalue weighted by Crippen LogP contribution is -2.38. The fourth-order valence-corrected chi connectivity index (χ4v) is 5.27. The number of halogens is 1. The Kier molecular flexibility index (Phi) is 8.00. The number of nitrogens with one attached hydrogen (secondary N) is 1. The summed E-state index contributed by atoms with van der Waals surface area (Å²) in [6.07, 6.45) is 0.623. The van der Waals surface area contributed by atoms with Gasteiger partial charge in [0.25, 0.3) is 0 Å². The van der Waals surface area contributed by atoms with Gasteiger partial charge in [0.15, 0.2) is 0 Å². The Labute approximate surface area is 194 Å². The number of rotatable bonds is 7. The number of carbonyl (C=O) groups is 1. The monoisotopic (exact) mass is 481 g/mol. The number of sulfonamides is 1. The van der Waals surface area contributed by atoms with E-state index < -0.39 is 10.0 Å². The topological polar surface area (TPSA) is 88.2 Å². The van der Waals surface area contributed by atoms with Crippen LogP contribution >= 0.6 is 11.6 Å². The van der Waals surface area contributed by atoms with E-state index in [1.165, 1.54) is 17.5 Å². The van der Waals surface area contributed by atoms with Crippen LogP contribution in [0.4, 0.5) is 5.69 Å². The Bertz CT molecular complexity index is 1080. The predicted octanol–water partition coefficient (Wildman–Crippen LogP) is 3.00. The first kappa shape index (κ1) is 24.3. The zero-order valence-electron chi connectivity index (χ0n) is 18.4. The fourth-order valence-electron chi connectivity index (χ4n) is 3.52. The molecule has 1 saturated heterocycles. The van der Waals surface area contributed by atoms with Gasteiger partial charge in [-0.1, -0.05) is 17.7 Å². The maximum absolute atomic E-state index is 13.0. The molecule has 1 N–H and O–H groups in total. The van der Waals surface area contributed by atoms with Crippen LogP contribution in [0.5, 0.6) is 11.5 Å². The van der Waals surface area contributed by atoms with Crippen molar-refractivity contribution in [2.45, 2.75) is 18.2 Å². The smallest absolute Gasteiger partial charge is 0.243 e. The number of hydrogen-bond donors (Lipinski definition) is 1. The molecule has 2 aromatic rings. The lowest BCUT2D eigenvalue weighted by Gasteiger charge is -2.22. The van der Waals surface area contributed by atoms with Crippen LogP contribution in [-0.4, -0.2) is 70.5 Å². The molecule has 1 amide bonds. The minimum absolute atomic E-state index is 0.152. The highest BCUT2D eigenvalue weighted by molar-refractivity contribution is 7.89. The molecule has 0 atom stereocenters. The third-order valence-electron chi connectivity index (χ3n) is 5.38. The van der Waals surface area contributed by atoms with Gasteiger partial charge in [-0.2, -0.15) is 4.31 Å². The Morgan fingerprint density at radius 2 is 1.84 bits per heavy atom. The van der Waals surface area contributed by atoms with Gasteiger partial charge in [-0.25, -0.2) is 8.42 Å². The van der Waals surface area contributed by atoms with Crippen molar-refractivity contribution >= 4 is 33.2 Å². The van der Waals surface area contributed by atoms with Crippen LogP contribution in [0.2, 0.25) is 5.02 Å². The molecule has 1 aliphatic heterocycles. The molecule has 0 spiro atoms. The lowest BCUT2D eigenvalue weighted by molar-refractivity contribution is -0.117. The molecule has 10 heteroatoms. The largest absolute Gasteiger partial charge is 0.497 e. The highest BCUT2D eigenvalue weighted by Crippen LogP contribution is 2.29. The Balaban J connectivity index is 1.61. The molecular weight excluding hydrogens is 454 g/mol. The molecule has 32 heavy (non-hydrogen) atoms. The van der Waals surface area contributed by atoms with Crippen LogP contribution < -0.4 is 14.8 Å². The van der Waals surface area contributed by atoms with E-state index in [1.54, 1.807) is 37.4 Å². The number of benzene rings is 2. The van der Waals surface area contributed by atoms with E-state index in [2.05, 4.69) is 5.32 Å². The third-order valence-corrected chi connectivity index (χ3v) is 7.68. The second kappa shape index (κ2) is 10.5. The molecule has 0 aromatic heterocycles. The molecule has 1 fully saturated rings. The molecule has 0 unspecified atom stereocenters. The van der Waals surface area contributed by atoms with Crippen molar-refractivity contribution in [3.63, 3.8) is 0 Å². The van der Waals surface area contributed by atoms with Gasteiger partial charge in [-0.05, 0) is 49.7 Å². The van der Waals surface area contributed by atoms with E-state index in [9.17, 15) is 13.2 Å². The molecule has 0 aliphatic carbocycles. The summed E-state index contributed by atoms with van der Waals surface area (Å²) < 4.78 is 38.0. The first-order chi connectivity index (χ1) is 15.2. The molecule has 2 aromatic carbocycles. The number of aryl methyl sites for hydroxylation is 1. The number of nitrogens with zero attached hydrogens (tertiary/aromatic N) is 2. The average Bonchev–Trinajstić information content (AvgIpc) is 3.01. The lowest BCUT2D eigenvalue weighted by atomic mass is 10.2.